The van der Waals surface area contributed by atoms with Crippen molar-refractivity contribution in [1.29, 1.82) is 0 Å². The van der Waals surface area contributed by atoms with Crippen LogP contribution in [0, 0.1) is 13.8 Å². The van der Waals surface area contributed by atoms with E-state index >= 15 is 0 Å². The van der Waals surface area contributed by atoms with Crippen LogP contribution in [0.2, 0.25) is 0 Å². The van der Waals surface area contributed by atoms with Crippen LogP contribution in [0.5, 0.6) is 0 Å². The number of carbonyl (C=O) groups is 1. The van der Waals surface area contributed by atoms with Crippen molar-refractivity contribution in [1.82, 2.24) is 14.4 Å². The quantitative estimate of drug-likeness (QED) is 0.757. The number of imidazole rings is 2. The van der Waals surface area contributed by atoms with Crippen LogP contribution in [-0.4, -0.2) is 25.4 Å². The smallest absolute Gasteiger partial charge is 0.303 e. The number of aliphatic carboxylic acids is 1. The lowest BCUT2D eigenvalue weighted by atomic mass is 10.1. The summed E-state index contributed by atoms with van der Waals surface area (Å²) in [5.41, 5.74) is 5.29. The molecule has 3 aromatic rings. The van der Waals surface area contributed by atoms with Crippen molar-refractivity contribution in [2.24, 2.45) is 0 Å². The number of aromatic amines is 1. The van der Waals surface area contributed by atoms with Crippen LogP contribution in [0.3, 0.4) is 0 Å². The number of nitrogens with zero attached hydrogens (tertiary/aromatic N) is 2. The maximum absolute atomic E-state index is 10.6. The van der Waals surface area contributed by atoms with Crippen LogP contribution in [0.25, 0.3) is 16.8 Å². The summed E-state index contributed by atoms with van der Waals surface area (Å²) < 4.78 is 1.99. The number of hydrogen-bond acceptors (Lipinski definition) is 2. The van der Waals surface area contributed by atoms with Crippen molar-refractivity contribution in [3.63, 3.8) is 0 Å². The monoisotopic (exact) mass is 257 g/mol. The fourth-order valence-corrected chi connectivity index (χ4v) is 2.46. The zero-order chi connectivity index (χ0) is 13.6. The number of aromatic nitrogens is 3. The van der Waals surface area contributed by atoms with Gasteiger partial charge in [0.2, 0.25) is 5.78 Å². The molecule has 98 valence electrons. The highest BCUT2D eigenvalue weighted by molar-refractivity contribution is 5.83. The zero-order valence-corrected chi connectivity index (χ0v) is 10.9. The molecule has 0 aliphatic carbocycles. The first-order valence-electron chi connectivity index (χ1n) is 6.23. The van der Waals surface area contributed by atoms with E-state index in [1.54, 1.807) is 0 Å². The second-order valence-electron chi connectivity index (χ2n) is 4.93. The van der Waals surface area contributed by atoms with E-state index in [0.29, 0.717) is 6.42 Å². The molecule has 5 nitrogen and oxygen atoms in total. The van der Waals surface area contributed by atoms with Crippen molar-refractivity contribution >= 4 is 22.8 Å². The van der Waals surface area contributed by atoms with Crippen LogP contribution in [0.1, 0.15) is 23.2 Å². The van der Waals surface area contributed by atoms with Crippen molar-refractivity contribution in [2.75, 3.05) is 0 Å². The minimum absolute atomic E-state index is 0.125. The Morgan fingerprint density at radius 3 is 2.95 bits per heavy atom. The molecule has 0 atom stereocenters. The first kappa shape index (κ1) is 11.8. The highest BCUT2D eigenvalue weighted by Gasteiger charge is 2.11. The van der Waals surface area contributed by atoms with Gasteiger partial charge in [0.05, 0.1) is 17.5 Å². The number of hydrogen-bond donors (Lipinski definition) is 2. The molecule has 0 saturated heterocycles. The average molecular weight is 257 g/mol. The predicted octanol–water partition coefficient (Wildman–Crippen LogP) is 2.45. The summed E-state index contributed by atoms with van der Waals surface area (Å²) in [5.74, 6) is -0.0205. The van der Waals surface area contributed by atoms with E-state index in [1.807, 2.05) is 17.5 Å². The molecule has 0 amide bonds. The van der Waals surface area contributed by atoms with Crippen LogP contribution in [-0.2, 0) is 11.2 Å². The molecule has 0 unspecified atom stereocenters. The summed E-state index contributed by atoms with van der Waals surface area (Å²) in [6.45, 7) is 4.11. The first-order chi connectivity index (χ1) is 9.04. The molecule has 0 aliphatic rings. The van der Waals surface area contributed by atoms with Crippen molar-refractivity contribution in [2.45, 2.75) is 26.7 Å². The SMILES string of the molecule is Cc1cc(C)c2nc3[nH]c(CCC(=O)O)cn3c2c1. The third-order valence-electron chi connectivity index (χ3n) is 3.30. The molecule has 0 fully saturated rings. The van der Waals surface area contributed by atoms with E-state index in [-0.39, 0.29) is 6.42 Å². The van der Waals surface area contributed by atoms with E-state index < -0.39 is 5.97 Å². The minimum atomic E-state index is -0.788. The Kier molecular flexibility index (Phi) is 2.55. The normalized spacial score (nSPS) is 11.5. The van der Waals surface area contributed by atoms with Crippen molar-refractivity contribution in [3.8, 4) is 0 Å². The Hall–Kier alpha value is -2.30. The van der Waals surface area contributed by atoms with Gasteiger partial charge in [-0.2, -0.15) is 0 Å². The van der Waals surface area contributed by atoms with Gasteiger partial charge < -0.3 is 10.1 Å². The summed E-state index contributed by atoms with van der Waals surface area (Å²) in [6, 6.07) is 4.21. The summed E-state index contributed by atoms with van der Waals surface area (Å²) in [4.78, 5) is 18.3. The highest BCUT2D eigenvalue weighted by atomic mass is 16.4. The maximum Gasteiger partial charge on any atom is 0.303 e. The average Bonchev–Trinajstić information content (AvgIpc) is 2.85. The second kappa shape index (κ2) is 4.12. The fraction of sp³-hybridized carbons (Fsp3) is 0.286. The number of carboxylic acid groups (broad SMARTS) is 1. The Morgan fingerprint density at radius 2 is 2.21 bits per heavy atom. The molecule has 5 heteroatoms. The Morgan fingerprint density at radius 1 is 1.42 bits per heavy atom. The lowest BCUT2D eigenvalue weighted by Gasteiger charge is -1.98. The zero-order valence-electron chi connectivity index (χ0n) is 10.9. The summed E-state index contributed by atoms with van der Waals surface area (Å²) in [6.07, 6.45) is 2.55. The number of nitrogens with one attached hydrogen (secondary N) is 1. The molecule has 0 bridgehead atoms. The van der Waals surface area contributed by atoms with Gasteiger partial charge in [-0.25, -0.2) is 4.98 Å². The Bertz CT molecular complexity index is 783. The van der Waals surface area contributed by atoms with E-state index in [9.17, 15) is 4.79 Å². The van der Waals surface area contributed by atoms with E-state index in [0.717, 1.165) is 28.1 Å². The third-order valence-corrected chi connectivity index (χ3v) is 3.30. The summed E-state index contributed by atoms with van der Waals surface area (Å²) >= 11 is 0. The number of benzene rings is 1. The highest BCUT2D eigenvalue weighted by Crippen LogP contribution is 2.22. The lowest BCUT2D eigenvalue weighted by Crippen LogP contribution is -1.97. The van der Waals surface area contributed by atoms with Crippen LogP contribution in [0.15, 0.2) is 18.3 Å². The maximum atomic E-state index is 10.6. The molecule has 0 radical (unpaired) electrons. The van der Waals surface area contributed by atoms with Gasteiger partial charge in [-0.1, -0.05) is 6.07 Å². The van der Waals surface area contributed by atoms with E-state index in [4.69, 9.17) is 5.11 Å². The van der Waals surface area contributed by atoms with Gasteiger partial charge in [0.25, 0.3) is 0 Å². The number of fused-ring (bicyclic) bond motifs is 3. The van der Waals surface area contributed by atoms with Crippen LogP contribution in [0.4, 0.5) is 0 Å². The molecule has 0 aliphatic heterocycles. The largest absolute Gasteiger partial charge is 0.481 e. The van der Waals surface area contributed by atoms with E-state index in [1.165, 1.54) is 5.56 Å². The number of H-pyrrole nitrogens is 1. The summed E-state index contributed by atoms with van der Waals surface area (Å²) in [7, 11) is 0. The van der Waals surface area contributed by atoms with Crippen molar-refractivity contribution < 1.29 is 9.90 Å². The number of rotatable bonds is 3. The molecule has 1 aromatic carbocycles. The number of aryl methyl sites for hydroxylation is 3. The second-order valence-corrected chi connectivity index (χ2v) is 4.93. The summed E-state index contributed by atoms with van der Waals surface area (Å²) in [5, 5.41) is 8.71. The molecule has 19 heavy (non-hydrogen) atoms. The van der Waals surface area contributed by atoms with Gasteiger partial charge in [0, 0.05) is 11.9 Å². The van der Waals surface area contributed by atoms with Gasteiger partial charge in [-0.05, 0) is 37.5 Å². The molecule has 2 heterocycles. The Labute approximate surface area is 109 Å². The van der Waals surface area contributed by atoms with Crippen molar-refractivity contribution in [3.05, 3.63) is 35.2 Å². The Balaban J connectivity index is 2.11. The number of carboxylic acids is 1. The molecule has 2 aromatic heterocycles. The lowest BCUT2D eigenvalue weighted by molar-refractivity contribution is -0.136. The third kappa shape index (κ3) is 1.97. The van der Waals surface area contributed by atoms with Gasteiger partial charge in [0.15, 0.2) is 0 Å². The van der Waals surface area contributed by atoms with Crippen LogP contribution < -0.4 is 0 Å². The van der Waals surface area contributed by atoms with Gasteiger partial charge in [-0.3, -0.25) is 9.20 Å². The minimum Gasteiger partial charge on any atom is -0.481 e. The molecule has 3 rings (SSSR count). The fourth-order valence-electron chi connectivity index (χ4n) is 2.46. The van der Waals surface area contributed by atoms with E-state index in [2.05, 4.69) is 29.0 Å². The van der Waals surface area contributed by atoms with Crippen LogP contribution >= 0.6 is 0 Å². The molecule has 0 saturated carbocycles. The predicted molar refractivity (Wildman–Crippen MR) is 72.5 cm³/mol. The molecular formula is C14H15N3O2. The first-order valence-corrected chi connectivity index (χ1v) is 6.23. The van der Waals surface area contributed by atoms with Gasteiger partial charge in [-0.15, -0.1) is 0 Å². The molecule has 0 spiro atoms. The standard InChI is InChI=1S/C14H15N3O2/c1-8-5-9(2)13-11(6-8)17-7-10(3-4-12(18)19)15-14(17)16-13/h5-7H,3-4H2,1-2H3,(H,15,16)(H,18,19). The molecule has 2 N–H and O–H groups in total. The van der Waals surface area contributed by atoms with Gasteiger partial charge in [0.1, 0.15) is 0 Å². The molecular weight excluding hydrogens is 242 g/mol. The topological polar surface area (TPSA) is 70.4 Å². The van der Waals surface area contributed by atoms with Gasteiger partial charge >= 0.3 is 5.97 Å².